The number of hydrogen-bond acceptors (Lipinski definition) is 4. The van der Waals surface area contributed by atoms with E-state index in [1.54, 1.807) is 42.3 Å². The van der Waals surface area contributed by atoms with Gasteiger partial charge in [0.2, 0.25) is 5.91 Å². The zero-order valence-electron chi connectivity index (χ0n) is 15.4. The van der Waals surface area contributed by atoms with Crippen LogP contribution in [0, 0.1) is 0 Å². The number of carbonyl (C=O) groups excluding carboxylic acids is 2. The Morgan fingerprint density at radius 1 is 1.35 bits per heavy atom. The summed E-state index contributed by atoms with van der Waals surface area (Å²) < 4.78 is 3.69. The van der Waals surface area contributed by atoms with Crippen molar-refractivity contribution in [2.24, 2.45) is 0 Å². The van der Waals surface area contributed by atoms with E-state index in [1.165, 1.54) is 0 Å². The van der Waals surface area contributed by atoms with Crippen molar-refractivity contribution in [3.8, 4) is 0 Å². The molecule has 0 spiro atoms. The lowest BCUT2D eigenvalue weighted by Gasteiger charge is -2.23. The molecule has 0 radical (unpaired) electrons. The molecule has 26 heavy (non-hydrogen) atoms. The molecule has 1 atom stereocenters. The zero-order valence-corrected chi connectivity index (χ0v) is 15.4. The van der Waals surface area contributed by atoms with Crippen molar-refractivity contribution in [2.75, 3.05) is 20.6 Å². The van der Waals surface area contributed by atoms with Crippen molar-refractivity contribution in [3.63, 3.8) is 0 Å². The van der Waals surface area contributed by atoms with Gasteiger partial charge in [0.15, 0.2) is 0 Å². The van der Waals surface area contributed by atoms with Gasteiger partial charge in [0.25, 0.3) is 0 Å². The van der Waals surface area contributed by atoms with Crippen LogP contribution < -0.4 is 5.32 Å². The van der Waals surface area contributed by atoms with Crippen LogP contribution in [0.5, 0.6) is 0 Å². The molecule has 0 saturated heterocycles. The summed E-state index contributed by atoms with van der Waals surface area (Å²) in [6.07, 6.45) is 5.90. The number of carbonyl (C=O) groups is 2. The summed E-state index contributed by atoms with van der Waals surface area (Å²) in [6, 6.07) is 1.64. The Labute approximate surface area is 152 Å². The van der Waals surface area contributed by atoms with Gasteiger partial charge in [-0.2, -0.15) is 5.10 Å². The third kappa shape index (κ3) is 3.87. The smallest absolute Gasteiger partial charge is 0.319 e. The number of rotatable bonds is 4. The largest absolute Gasteiger partial charge is 0.349 e. The second-order valence-electron chi connectivity index (χ2n) is 6.71. The summed E-state index contributed by atoms with van der Waals surface area (Å²) in [6.45, 7) is 4.20. The topological polar surface area (TPSA) is 88.3 Å². The zero-order chi connectivity index (χ0) is 18.7. The van der Waals surface area contributed by atoms with Gasteiger partial charge in [-0.15, -0.1) is 0 Å². The molecule has 0 bridgehead atoms. The molecule has 1 unspecified atom stereocenters. The lowest BCUT2D eigenvalue weighted by molar-refractivity contribution is -0.124. The number of urea groups is 1. The van der Waals surface area contributed by atoms with E-state index in [9.17, 15) is 9.59 Å². The van der Waals surface area contributed by atoms with Crippen LogP contribution in [0.15, 0.2) is 24.8 Å². The lowest BCUT2D eigenvalue weighted by atomic mass is 10.3. The van der Waals surface area contributed by atoms with E-state index in [4.69, 9.17) is 0 Å². The van der Waals surface area contributed by atoms with Crippen molar-refractivity contribution in [2.45, 2.75) is 39.0 Å². The van der Waals surface area contributed by atoms with E-state index in [0.717, 1.165) is 30.9 Å². The fraction of sp³-hybridized carbons (Fsp3) is 0.529. The summed E-state index contributed by atoms with van der Waals surface area (Å²) in [5.74, 6) is -0.0874. The first kappa shape index (κ1) is 18.0. The minimum absolute atomic E-state index is 0.00339. The summed E-state index contributed by atoms with van der Waals surface area (Å²) in [5, 5.41) is 7.49. The molecular formula is C17H25N7O2. The minimum Gasteiger partial charge on any atom is -0.349 e. The van der Waals surface area contributed by atoms with Crippen LogP contribution in [-0.4, -0.2) is 61.7 Å². The van der Waals surface area contributed by atoms with Gasteiger partial charge >= 0.3 is 6.03 Å². The van der Waals surface area contributed by atoms with Crippen molar-refractivity contribution >= 4 is 11.9 Å². The predicted octanol–water partition coefficient (Wildman–Crippen LogP) is 0.844. The second kappa shape index (κ2) is 7.59. The molecule has 3 heterocycles. The Hall–Kier alpha value is -2.84. The molecule has 0 fully saturated rings. The normalized spacial score (nSPS) is 15.1. The monoisotopic (exact) mass is 359 g/mol. The summed E-state index contributed by atoms with van der Waals surface area (Å²) in [7, 11) is 3.51. The van der Waals surface area contributed by atoms with Gasteiger partial charge in [0.1, 0.15) is 6.04 Å². The molecule has 3 amide bonds. The molecule has 2 aromatic heterocycles. The Morgan fingerprint density at radius 3 is 2.85 bits per heavy atom. The first-order valence-electron chi connectivity index (χ1n) is 8.72. The fourth-order valence-corrected chi connectivity index (χ4v) is 3.01. The van der Waals surface area contributed by atoms with Crippen LogP contribution in [0.3, 0.4) is 0 Å². The highest BCUT2D eigenvalue weighted by molar-refractivity contribution is 5.79. The molecule has 1 aliphatic rings. The number of aromatic nitrogens is 4. The van der Waals surface area contributed by atoms with Gasteiger partial charge in [-0.1, -0.05) is 0 Å². The summed E-state index contributed by atoms with van der Waals surface area (Å²) in [4.78, 5) is 31.9. The van der Waals surface area contributed by atoms with E-state index >= 15 is 0 Å². The summed E-state index contributed by atoms with van der Waals surface area (Å²) >= 11 is 0. The third-order valence-corrected chi connectivity index (χ3v) is 4.51. The van der Waals surface area contributed by atoms with E-state index in [-0.39, 0.29) is 18.0 Å². The number of hydrogen-bond donors (Lipinski definition) is 1. The molecule has 0 aromatic carbocycles. The van der Waals surface area contributed by atoms with Gasteiger partial charge in [0.05, 0.1) is 30.8 Å². The van der Waals surface area contributed by atoms with Gasteiger partial charge in [-0.3, -0.25) is 9.48 Å². The number of fused-ring (bicyclic) bond motifs is 1. The molecular weight excluding hydrogens is 334 g/mol. The van der Waals surface area contributed by atoms with Crippen LogP contribution in [-0.2, 0) is 24.4 Å². The number of aryl methyl sites for hydroxylation is 1. The van der Waals surface area contributed by atoms with Crippen LogP contribution >= 0.6 is 0 Å². The van der Waals surface area contributed by atoms with Crippen LogP contribution in [0.2, 0.25) is 0 Å². The SMILES string of the molecule is CC(C(=O)NCc1cc2n(n1)CCCN(C(=O)N(C)C)C2)n1ccnc1. The second-order valence-corrected chi connectivity index (χ2v) is 6.71. The standard InChI is InChI=1S/C17H25N7O2/c1-13(23-8-5-18-12-23)16(25)19-10-14-9-15-11-22(17(26)21(2)3)6-4-7-24(15)20-14/h5,8-9,12-13H,4,6-7,10-11H2,1-3H3,(H,19,25). The Bertz CT molecular complexity index is 766. The highest BCUT2D eigenvalue weighted by Gasteiger charge is 2.22. The number of nitrogens with one attached hydrogen (secondary N) is 1. The number of imidazole rings is 1. The molecule has 1 aliphatic heterocycles. The van der Waals surface area contributed by atoms with Gasteiger partial charge in [-0.25, -0.2) is 9.78 Å². The first-order valence-corrected chi connectivity index (χ1v) is 8.72. The molecule has 9 heteroatoms. The highest BCUT2D eigenvalue weighted by atomic mass is 16.2. The van der Waals surface area contributed by atoms with Crippen LogP contribution in [0.1, 0.15) is 30.8 Å². The van der Waals surface area contributed by atoms with Gasteiger partial charge < -0.3 is 19.7 Å². The Morgan fingerprint density at radius 2 is 2.15 bits per heavy atom. The molecule has 3 rings (SSSR count). The van der Waals surface area contributed by atoms with Crippen LogP contribution in [0.4, 0.5) is 4.79 Å². The Kier molecular flexibility index (Phi) is 5.24. The van der Waals surface area contributed by atoms with Crippen molar-refractivity contribution in [1.29, 1.82) is 0 Å². The number of nitrogens with zero attached hydrogens (tertiary/aromatic N) is 6. The Balaban J connectivity index is 1.62. The molecule has 1 N–H and O–H groups in total. The molecule has 2 aromatic rings. The molecule has 0 aliphatic carbocycles. The molecule has 0 saturated carbocycles. The predicted molar refractivity (Wildman–Crippen MR) is 95.1 cm³/mol. The summed E-state index contributed by atoms with van der Waals surface area (Å²) in [5.41, 5.74) is 1.79. The maximum absolute atomic E-state index is 12.3. The minimum atomic E-state index is -0.328. The molecule has 140 valence electrons. The maximum atomic E-state index is 12.3. The highest BCUT2D eigenvalue weighted by Crippen LogP contribution is 2.15. The number of amides is 3. The lowest BCUT2D eigenvalue weighted by Crippen LogP contribution is -2.38. The van der Waals surface area contributed by atoms with E-state index in [0.29, 0.717) is 13.1 Å². The van der Waals surface area contributed by atoms with E-state index in [2.05, 4.69) is 15.4 Å². The average Bonchev–Trinajstić information content (AvgIpc) is 3.24. The third-order valence-electron chi connectivity index (χ3n) is 4.51. The van der Waals surface area contributed by atoms with Crippen molar-refractivity contribution in [3.05, 3.63) is 36.2 Å². The fourth-order valence-electron chi connectivity index (χ4n) is 3.01. The van der Waals surface area contributed by atoms with Gasteiger partial charge in [0, 0.05) is 39.6 Å². The van der Waals surface area contributed by atoms with Gasteiger partial charge in [-0.05, 0) is 19.4 Å². The van der Waals surface area contributed by atoms with Crippen molar-refractivity contribution < 1.29 is 9.59 Å². The molecule has 9 nitrogen and oxygen atoms in total. The average molecular weight is 359 g/mol. The van der Waals surface area contributed by atoms with E-state index < -0.39 is 0 Å². The maximum Gasteiger partial charge on any atom is 0.319 e. The van der Waals surface area contributed by atoms with E-state index in [1.807, 2.05) is 22.6 Å². The first-order chi connectivity index (χ1) is 12.5. The quantitative estimate of drug-likeness (QED) is 0.876. The van der Waals surface area contributed by atoms with Crippen LogP contribution in [0.25, 0.3) is 0 Å². The van der Waals surface area contributed by atoms with Crippen molar-refractivity contribution in [1.82, 2.24) is 34.4 Å².